The Hall–Kier alpha value is -3.93. The van der Waals surface area contributed by atoms with Crippen molar-refractivity contribution in [3.8, 4) is 11.4 Å². The fraction of sp³-hybridized carbons (Fsp3) is 0.0870. The van der Waals surface area contributed by atoms with Crippen LogP contribution in [0.4, 0.5) is 11.4 Å². The molecule has 0 radical (unpaired) electrons. The van der Waals surface area contributed by atoms with Crippen LogP contribution in [0.25, 0.3) is 22.4 Å². The van der Waals surface area contributed by atoms with Gasteiger partial charge in [0.05, 0.1) is 16.7 Å². The van der Waals surface area contributed by atoms with Crippen LogP contribution in [0.3, 0.4) is 0 Å². The zero-order chi connectivity index (χ0) is 20.0. The molecule has 0 unspecified atom stereocenters. The van der Waals surface area contributed by atoms with E-state index >= 15 is 0 Å². The molecule has 1 aliphatic heterocycles. The Balaban J connectivity index is 1.53. The normalized spacial score (nSPS) is 12.7. The molecule has 0 fully saturated rings. The molecule has 0 saturated heterocycles. The van der Waals surface area contributed by atoms with Gasteiger partial charge in [-0.15, -0.1) is 0 Å². The Morgan fingerprint density at radius 1 is 1.07 bits per heavy atom. The second kappa shape index (κ2) is 6.60. The summed E-state index contributed by atoms with van der Waals surface area (Å²) < 4.78 is 1.92. The third kappa shape index (κ3) is 3.04. The second-order valence-electron chi connectivity index (χ2n) is 7.14. The number of carbonyl (C=O) groups is 2. The average molecular weight is 382 g/mol. The average Bonchev–Trinajstić information content (AvgIpc) is 3.00. The number of nitrogens with zero attached hydrogens (tertiary/aromatic N) is 2. The van der Waals surface area contributed by atoms with E-state index in [4.69, 9.17) is 4.98 Å². The topological polar surface area (TPSA) is 76.0 Å². The number of anilines is 2. The van der Waals surface area contributed by atoms with E-state index < -0.39 is 0 Å². The first-order valence-electron chi connectivity index (χ1n) is 9.36. The maximum atomic E-state index is 12.5. The molecule has 2 amide bonds. The van der Waals surface area contributed by atoms with Crippen LogP contribution in [0.2, 0.25) is 0 Å². The van der Waals surface area contributed by atoms with Crippen molar-refractivity contribution in [2.24, 2.45) is 0 Å². The van der Waals surface area contributed by atoms with E-state index in [2.05, 4.69) is 10.6 Å². The quantitative estimate of drug-likeness (QED) is 0.545. The van der Waals surface area contributed by atoms with Crippen LogP contribution in [0.1, 0.15) is 15.9 Å². The Bertz CT molecular complexity index is 1270. The molecule has 2 N–H and O–H groups in total. The minimum Gasteiger partial charge on any atom is -0.324 e. The highest BCUT2D eigenvalue weighted by molar-refractivity contribution is 6.06. The van der Waals surface area contributed by atoms with Crippen molar-refractivity contribution in [2.45, 2.75) is 13.5 Å². The van der Waals surface area contributed by atoms with Crippen molar-refractivity contribution in [3.05, 3.63) is 77.9 Å². The van der Waals surface area contributed by atoms with Crippen LogP contribution < -0.4 is 10.6 Å². The molecule has 6 nitrogen and oxygen atoms in total. The number of rotatable bonds is 2. The van der Waals surface area contributed by atoms with Crippen molar-refractivity contribution >= 4 is 34.2 Å². The maximum absolute atomic E-state index is 12.5. The fourth-order valence-electron chi connectivity index (χ4n) is 3.60. The third-order valence-corrected chi connectivity index (χ3v) is 5.06. The SMILES string of the molecule is Cc1ccc(C(=O)Nc2ccc3c(c2)NC(=O)Cn2c-3nc3ccccc32)cc1. The van der Waals surface area contributed by atoms with Gasteiger partial charge in [0.2, 0.25) is 5.91 Å². The standard InChI is InChI=1S/C23H18N4O2/c1-14-6-8-15(9-7-14)23(29)24-16-10-11-17-19(12-16)25-21(28)13-27-20-5-3-2-4-18(20)26-22(17)27/h2-12H,13H2,1H3,(H,24,29)(H,25,28). The highest BCUT2D eigenvalue weighted by Crippen LogP contribution is 2.34. The van der Waals surface area contributed by atoms with E-state index in [0.29, 0.717) is 16.9 Å². The van der Waals surface area contributed by atoms with Crippen LogP contribution in [0.15, 0.2) is 66.7 Å². The first kappa shape index (κ1) is 17.2. The lowest BCUT2D eigenvalue weighted by Gasteiger charge is -2.10. The molecule has 4 aromatic rings. The van der Waals surface area contributed by atoms with Gasteiger partial charge in [-0.2, -0.15) is 0 Å². The van der Waals surface area contributed by atoms with Gasteiger partial charge in [0.25, 0.3) is 5.91 Å². The highest BCUT2D eigenvalue weighted by Gasteiger charge is 2.22. The molecule has 2 heterocycles. The number of benzene rings is 3. The molecule has 1 aliphatic rings. The van der Waals surface area contributed by atoms with E-state index in [1.807, 2.05) is 60.0 Å². The van der Waals surface area contributed by atoms with Gasteiger partial charge in [-0.3, -0.25) is 9.59 Å². The van der Waals surface area contributed by atoms with Crippen LogP contribution in [-0.2, 0) is 11.3 Å². The van der Waals surface area contributed by atoms with Crippen LogP contribution in [0, 0.1) is 6.92 Å². The Kier molecular flexibility index (Phi) is 3.91. The van der Waals surface area contributed by atoms with E-state index in [-0.39, 0.29) is 18.4 Å². The van der Waals surface area contributed by atoms with Gasteiger partial charge < -0.3 is 15.2 Å². The zero-order valence-corrected chi connectivity index (χ0v) is 15.8. The minimum absolute atomic E-state index is 0.129. The molecule has 6 heteroatoms. The van der Waals surface area contributed by atoms with Gasteiger partial charge >= 0.3 is 0 Å². The predicted octanol–water partition coefficient (Wildman–Crippen LogP) is 4.22. The molecule has 3 aromatic carbocycles. The number of para-hydroxylation sites is 2. The molecular formula is C23H18N4O2. The van der Waals surface area contributed by atoms with Crippen molar-refractivity contribution in [2.75, 3.05) is 10.6 Å². The summed E-state index contributed by atoms with van der Waals surface area (Å²) in [6, 6.07) is 20.6. The number of aromatic nitrogens is 2. The summed E-state index contributed by atoms with van der Waals surface area (Å²) in [6.45, 7) is 2.17. The molecule has 5 rings (SSSR count). The van der Waals surface area contributed by atoms with E-state index in [1.165, 1.54) is 0 Å². The summed E-state index contributed by atoms with van der Waals surface area (Å²) in [5.74, 6) is 0.406. The van der Waals surface area contributed by atoms with Gasteiger partial charge in [0.1, 0.15) is 12.4 Å². The van der Waals surface area contributed by atoms with Crippen LogP contribution in [-0.4, -0.2) is 21.4 Å². The molecule has 0 bridgehead atoms. The summed E-state index contributed by atoms with van der Waals surface area (Å²) in [6.07, 6.45) is 0. The Morgan fingerprint density at radius 3 is 2.69 bits per heavy atom. The molecule has 142 valence electrons. The molecule has 0 aliphatic carbocycles. The summed E-state index contributed by atoms with van der Waals surface area (Å²) in [5, 5.41) is 5.83. The number of nitrogens with one attached hydrogen (secondary N) is 2. The molecule has 0 spiro atoms. The van der Waals surface area contributed by atoms with Crippen molar-refractivity contribution in [1.29, 1.82) is 0 Å². The predicted molar refractivity (Wildman–Crippen MR) is 113 cm³/mol. The molecule has 0 atom stereocenters. The lowest BCUT2D eigenvalue weighted by Crippen LogP contribution is -2.16. The maximum Gasteiger partial charge on any atom is 0.255 e. The summed E-state index contributed by atoms with van der Waals surface area (Å²) in [7, 11) is 0. The monoisotopic (exact) mass is 382 g/mol. The van der Waals surface area contributed by atoms with Crippen LogP contribution in [0.5, 0.6) is 0 Å². The summed E-state index contributed by atoms with van der Waals surface area (Å²) in [5.41, 5.74) is 5.50. The molecular weight excluding hydrogens is 364 g/mol. The lowest BCUT2D eigenvalue weighted by atomic mass is 10.1. The molecule has 1 aromatic heterocycles. The van der Waals surface area contributed by atoms with Crippen molar-refractivity contribution < 1.29 is 9.59 Å². The number of fused-ring (bicyclic) bond motifs is 5. The Labute approximate surface area is 167 Å². The smallest absolute Gasteiger partial charge is 0.255 e. The Morgan fingerprint density at radius 2 is 1.86 bits per heavy atom. The molecule has 29 heavy (non-hydrogen) atoms. The number of hydrogen-bond donors (Lipinski definition) is 2. The van der Waals surface area contributed by atoms with Crippen LogP contribution >= 0.6 is 0 Å². The van der Waals surface area contributed by atoms with Gasteiger partial charge in [-0.1, -0.05) is 29.8 Å². The lowest BCUT2D eigenvalue weighted by molar-refractivity contribution is -0.116. The minimum atomic E-state index is -0.197. The van der Waals surface area contributed by atoms with E-state index in [9.17, 15) is 9.59 Å². The number of aryl methyl sites for hydroxylation is 1. The van der Waals surface area contributed by atoms with Gasteiger partial charge in [-0.05, 0) is 49.4 Å². The van der Waals surface area contributed by atoms with E-state index in [0.717, 1.165) is 28.0 Å². The first-order chi connectivity index (χ1) is 14.1. The second-order valence-corrected chi connectivity index (χ2v) is 7.14. The zero-order valence-electron chi connectivity index (χ0n) is 15.8. The highest BCUT2D eigenvalue weighted by atomic mass is 16.2. The van der Waals surface area contributed by atoms with Gasteiger partial charge in [0.15, 0.2) is 0 Å². The number of carbonyl (C=O) groups excluding carboxylic acids is 2. The summed E-state index contributed by atoms with van der Waals surface area (Å²) >= 11 is 0. The van der Waals surface area contributed by atoms with Crippen molar-refractivity contribution in [3.63, 3.8) is 0 Å². The number of hydrogen-bond acceptors (Lipinski definition) is 3. The summed E-state index contributed by atoms with van der Waals surface area (Å²) in [4.78, 5) is 29.7. The number of imidazole rings is 1. The third-order valence-electron chi connectivity index (χ3n) is 5.06. The van der Waals surface area contributed by atoms with E-state index in [1.54, 1.807) is 18.2 Å². The molecule has 0 saturated carbocycles. The fourth-order valence-corrected chi connectivity index (χ4v) is 3.60. The largest absolute Gasteiger partial charge is 0.324 e. The first-order valence-corrected chi connectivity index (χ1v) is 9.36. The van der Waals surface area contributed by atoms with Gasteiger partial charge in [0, 0.05) is 16.8 Å². The van der Waals surface area contributed by atoms with Gasteiger partial charge in [-0.25, -0.2) is 4.98 Å². The van der Waals surface area contributed by atoms with Crippen molar-refractivity contribution in [1.82, 2.24) is 9.55 Å². The number of amides is 2.